The number of pyridine rings is 1. The summed E-state index contributed by atoms with van der Waals surface area (Å²) in [7, 11) is 0. The fourth-order valence-corrected chi connectivity index (χ4v) is 4.03. The summed E-state index contributed by atoms with van der Waals surface area (Å²) in [6.07, 6.45) is 5.30. The first-order valence-corrected chi connectivity index (χ1v) is 9.56. The van der Waals surface area contributed by atoms with Crippen molar-refractivity contribution >= 4 is 5.82 Å². The number of nitrogens with one attached hydrogen (secondary N) is 2. The molecule has 4 rings (SSSR count). The van der Waals surface area contributed by atoms with Crippen LogP contribution < -0.4 is 5.32 Å². The standard InChI is InChI=1S/C20H27FN4O/c1-20(2)6-5-15-16(10-20)24-25-19(15)14-8-17(21)23-18(9-14)22-11-13-4-3-7-26-12-13/h8-9,13H,3-7,10-12H2,1-2H3,(H,22,23)(H,24,25). The molecule has 2 aromatic heterocycles. The first-order valence-electron chi connectivity index (χ1n) is 9.56. The van der Waals surface area contributed by atoms with Gasteiger partial charge in [0.25, 0.3) is 0 Å². The zero-order valence-electron chi connectivity index (χ0n) is 15.6. The molecule has 1 saturated heterocycles. The SMILES string of the molecule is CC1(C)CCc2c(-c3cc(F)nc(NCC4CCCOC4)c3)n[nH]c2C1. The van der Waals surface area contributed by atoms with E-state index in [1.54, 1.807) is 0 Å². The number of fused-ring (bicyclic) bond motifs is 1. The maximum absolute atomic E-state index is 14.1. The maximum Gasteiger partial charge on any atom is 0.215 e. The predicted molar refractivity (Wildman–Crippen MR) is 99.6 cm³/mol. The van der Waals surface area contributed by atoms with E-state index in [-0.39, 0.29) is 5.41 Å². The van der Waals surface area contributed by atoms with Gasteiger partial charge in [0.05, 0.1) is 12.3 Å². The number of halogens is 1. The summed E-state index contributed by atoms with van der Waals surface area (Å²) in [5, 5.41) is 11.0. The number of aromatic nitrogens is 3. The summed E-state index contributed by atoms with van der Waals surface area (Å²) in [5.41, 5.74) is 4.34. The molecule has 2 N–H and O–H groups in total. The van der Waals surface area contributed by atoms with E-state index in [4.69, 9.17) is 4.74 Å². The molecule has 0 aromatic carbocycles. The van der Waals surface area contributed by atoms with Crippen LogP contribution in [0.4, 0.5) is 10.2 Å². The summed E-state index contributed by atoms with van der Waals surface area (Å²) < 4.78 is 19.6. The van der Waals surface area contributed by atoms with Crippen LogP contribution in [0.25, 0.3) is 11.3 Å². The van der Waals surface area contributed by atoms with Crippen LogP contribution in [0.15, 0.2) is 12.1 Å². The van der Waals surface area contributed by atoms with Crippen LogP contribution in [-0.2, 0) is 17.6 Å². The number of anilines is 1. The number of aromatic amines is 1. The number of nitrogens with zero attached hydrogens (tertiary/aromatic N) is 2. The van der Waals surface area contributed by atoms with Crippen LogP contribution in [0, 0.1) is 17.3 Å². The molecule has 0 amide bonds. The Morgan fingerprint density at radius 1 is 1.38 bits per heavy atom. The van der Waals surface area contributed by atoms with Crippen molar-refractivity contribution in [3.05, 3.63) is 29.3 Å². The van der Waals surface area contributed by atoms with Gasteiger partial charge < -0.3 is 10.1 Å². The van der Waals surface area contributed by atoms with E-state index >= 15 is 0 Å². The molecule has 26 heavy (non-hydrogen) atoms. The summed E-state index contributed by atoms with van der Waals surface area (Å²) in [5.74, 6) is 0.550. The smallest absolute Gasteiger partial charge is 0.215 e. The van der Waals surface area contributed by atoms with Gasteiger partial charge in [-0.05, 0) is 49.5 Å². The Hall–Kier alpha value is -1.95. The molecule has 3 heterocycles. The van der Waals surface area contributed by atoms with Gasteiger partial charge in [-0.2, -0.15) is 9.49 Å². The first-order chi connectivity index (χ1) is 12.5. The zero-order valence-corrected chi connectivity index (χ0v) is 15.6. The fourth-order valence-electron chi connectivity index (χ4n) is 4.03. The molecule has 0 saturated carbocycles. The zero-order chi connectivity index (χ0) is 18.1. The van der Waals surface area contributed by atoms with Gasteiger partial charge in [-0.3, -0.25) is 5.10 Å². The van der Waals surface area contributed by atoms with Crippen molar-refractivity contribution in [1.82, 2.24) is 15.2 Å². The predicted octanol–water partition coefficient (Wildman–Crippen LogP) is 3.96. The molecular formula is C20H27FN4O. The molecule has 0 spiro atoms. The second-order valence-corrected chi connectivity index (χ2v) is 8.40. The summed E-state index contributed by atoms with van der Waals surface area (Å²) >= 11 is 0. The van der Waals surface area contributed by atoms with E-state index in [1.807, 2.05) is 6.07 Å². The van der Waals surface area contributed by atoms with Gasteiger partial charge in [-0.25, -0.2) is 4.98 Å². The normalized spacial score (nSPS) is 22.0. The third-order valence-electron chi connectivity index (χ3n) is 5.55. The van der Waals surface area contributed by atoms with Gasteiger partial charge in [0.15, 0.2) is 0 Å². The lowest BCUT2D eigenvalue weighted by molar-refractivity contribution is 0.0595. The van der Waals surface area contributed by atoms with Crippen molar-refractivity contribution in [2.24, 2.45) is 11.3 Å². The van der Waals surface area contributed by atoms with Crippen molar-refractivity contribution in [1.29, 1.82) is 0 Å². The lowest BCUT2D eigenvalue weighted by Crippen LogP contribution is -2.24. The number of H-pyrrole nitrogens is 1. The lowest BCUT2D eigenvalue weighted by Gasteiger charge is -2.29. The number of rotatable bonds is 4. The molecule has 0 radical (unpaired) electrons. The molecule has 1 aliphatic heterocycles. The van der Waals surface area contributed by atoms with Gasteiger partial charge in [0.1, 0.15) is 5.82 Å². The highest BCUT2D eigenvalue weighted by Crippen LogP contribution is 2.38. The van der Waals surface area contributed by atoms with Gasteiger partial charge in [-0.15, -0.1) is 0 Å². The van der Waals surface area contributed by atoms with E-state index in [2.05, 4.69) is 34.3 Å². The molecule has 1 aliphatic carbocycles. The van der Waals surface area contributed by atoms with Gasteiger partial charge in [0, 0.05) is 36.0 Å². The maximum atomic E-state index is 14.1. The van der Waals surface area contributed by atoms with Crippen molar-refractivity contribution < 1.29 is 9.13 Å². The molecule has 1 atom stereocenters. The third-order valence-corrected chi connectivity index (χ3v) is 5.55. The van der Waals surface area contributed by atoms with E-state index in [9.17, 15) is 4.39 Å². The Morgan fingerprint density at radius 3 is 3.08 bits per heavy atom. The van der Waals surface area contributed by atoms with Crippen LogP contribution in [0.5, 0.6) is 0 Å². The van der Waals surface area contributed by atoms with Crippen molar-refractivity contribution in [2.75, 3.05) is 25.1 Å². The fraction of sp³-hybridized carbons (Fsp3) is 0.600. The molecule has 1 unspecified atom stereocenters. The molecular weight excluding hydrogens is 331 g/mol. The molecule has 2 aliphatic rings. The molecule has 1 fully saturated rings. The summed E-state index contributed by atoms with van der Waals surface area (Å²) in [4.78, 5) is 4.01. The Labute approximate surface area is 153 Å². The monoisotopic (exact) mass is 358 g/mol. The molecule has 140 valence electrons. The van der Waals surface area contributed by atoms with Crippen LogP contribution >= 0.6 is 0 Å². The minimum absolute atomic E-state index is 0.287. The average molecular weight is 358 g/mol. The quantitative estimate of drug-likeness (QED) is 0.812. The number of hydrogen-bond acceptors (Lipinski definition) is 4. The highest BCUT2D eigenvalue weighted by atomic mass is 19.1. The topological polar surface area (TPSA) is 62.8 Å². The molecule has 6 heteroatoms. The number of hydrogen-bond donors (Lipinski definition) is 2. The van der Waals surface area contributed by atoms with Crippen molar-refractivity contribution in [3.63, 3.8) is 0 Å². The molecule has 0 bridgehead atoms. The first kappa shape index (κ1) is 17.5. The summed E-state index contributed by atoms with van der Waals surface area (Å²) in [6, 6.07) is 3.38. The Kier molecular flexibility index (Phi) is 4.69. The number of ether oxygens (including phenoxy) is 1. The Bertz CT molecular complexity index is 780. The lowest BCUT2D eigenvalue weighted by atomic mass is 9.76. The molecule has 5 nitrogen and oxygen atoms in total. The van der Waals surface area contributed by atoms with Gasteiger partial charge >= 0.3 is 0 Å². The minimum atomic E-state index is -0.474. The summed E-state index contributed by atoms with van der Waals surface area (Å²) in [6.45, 7) is 6.92. The van der Waals surface area contributed by atoms with Crippen molar-refractivity contribution in [2.45, 2.75) is 46.0 Å². The van der Waals surface area contributed by atoms with Crippen LogP contribution in [-0.4, -0.2) is 34.9 Å². The van der Waals surface area contributed by atoms with E-state index in [0.29, 0.717) is 11.7 Å². The highest BCUT2D eigenvalue weighted by Gasteiger charge is 2.29. The van der Waals surface area contributed by atoms with E-state index in [1.165, 1.54) is 17.3 Å². The Morgan fingerprint density at radius 2 is 2.27 bits per heavy atom. The van der Waals surface area contributed by atoms with Crippen molar-refractivity contribution in [3.8, 4) is 11.3 Å². The second-order valence-electron chi connectivity index (χ2n) is 8.40. The average Bonchev–Trinajstić information content (AvgIpc) is 3.02. The van der Waals surface area contributed by atoms with Crippen LogP contribution in [0.2, 0.25) is 0 Å². The van der Waals surface area contributed by atoms with Crippen LogP contribution in [0.3, 0.4) is 0 Å². The van der Waals surface area contributed by atoms with Gasteiger partial charge in [0.2, 0.25) is 5.95 Å². The largest absolute Gasteiger partial charge is 0.381 e. The minimum Gasteiger partial charge on any atom is -0.381 e. The molecule has 2 aromatic rings. The van der Waals surface area contributed by atoms with E-state index in [0.717, 1.165) is 63.1 Å². The van der Waals surface area contributed by atoms with E-state index < -0.39 is 5.95 Å². The Balaban J connectivity index is 1.54. The highest BCUT2D eigenvalue weighted by molar-refractivity contribution is 5.67. The van der Waals surface area contributed by atoms with Gasteiger partial charge in [-0.1, -0.05) is 13.8 Å². The van der Waals surface area contributed by atoms with Crippen LogP contribution in [0.1, 0.15) is 44.4 Å². The third kappa shape index (κ3) is 3.75. The second kappa shape index (κ2) is 6.99.